The molecule has 9 nitrogen and oxygen atoms in total. The molecule has 0 aromatic heterocycles. The Labute approximate surface area is 174 Å². The number of carbonyl (C=O) groups is 2. The zero-order valence-corrected chi connectivity index (χ0v) is 17.4. The highest BCUT2D eigenvalue weighted by Crippen LogP contribution is 2.33. The molecule has 2 N–H and O–H groups in total. The molecule has 0 saturated carbocycles. The van der Waals surface area contributed by atoms with E-state index in [2.05, 4.69) is 10.6 Å². The van der Waals surface area contributed by atoms with Gasteiger partial charge in [0.1, 0.15) is 11.5 Å². The lowest BCUT2D eigenvalue weighted by Gasteiger charge is -2.19. The van der Waals surface area contributed by atoms with Crippen molar-refractivity contribution in [1.82, 2.24) is 5.32 Å². The highest BCUT2D eigenvalue weighted by atomic mass is 16.5. The summed E-state index contributed by atoms with van der Waals surface area (Å²) in [7, 11) is 6.14. The van der Waals surface area contributed by atoms with E-state index >= 15 is 0 Å². The van der Waals surface area contributed by atoms with Crippen molar-refractivity contribution in [3.8, 4) is 23.0 Å². The van der Waals surface area contributed by atoms with E-state index in [1.54, 1.807) is 55.5 Å². The van der Waals surface area contributed by atoms with E-state index < -0.39 is 6.03 Å². The molecule has 2 aromatic carbocycles. The van der Waals surface area contributed by atoms with E-state index in [1.165, 1.54) is 14.2 Å². The Morgan fingerprint density at radius 2 is 1.63 bits per heavy atom. The summed E-state index contributed by atoms with van der Waals surface area (Å²) < 4.78 is 21.0. The van der Waals surface area contributed by atoms with Crippen LogP contribution >= 0.6 is 0 Å². The minimum absolute atomic E-state index is 0.0912. The van der Waals surface area contributed by atoms with Gasteiger partial charge in [0.15, 0.2) is 11.5 Å². The predicted octanol–water partition coefficient (Wildman–Crippen LogP) is 2.65. The summed E-state index contributed by atoms with van der Waals surface area (Å²) in [6.07, 6.45) is 0.191. The molecule has 1 aliphatic rings. The van der Waals surface area contributed by atoms with Crippen LogP contribution in [0.3, 0.4) is 0 Å². The van der Waals surface area contributed by atoms with Crippen molar-refractivity contribution in [2.24, 2.45) is 0 Å². The van der Waals surface area contributed by atoms with Crippen LogP contribution in [0, 0.1) is 0 Å². The van der Waals surface area contributed by atoms with E-state index in [0.29, 0.717) is 40.9 Å². The van der Waals surface area contributed by atoms with Crippen LogP contribution in [0.2, 0.25) is 0 Å². The minimum Gasteiger partial charge on any atom is -0.497 e. The summed E-state index contributed by atoms with van der Waals surface area (Å²) >= 11 is 0. The molecule has 1 atom stereocenters. The molecule has 1 fully saturated rings. The first-order chi connectivity index (χ1) is 14.5. The molecule has 1 saturated heterocycles. The molecular formula is C21H25N3O6. The van der Waals surface area contributed by atoms with Gasteiger partial charge in [-0.15, -0.1) is 0 Å². The summed E-state index contributed by atoms with van der Waals surface area (Å²) in [5.74, 6) is 2.10. The van der Waals surface area contributed by atoms with Crippen LogP contribution in [0.25, 0.3) is 0 Å². The summed E-state index contributed by atoms with van der Waals surface area (Å²) in [4.78, 5) is 26.6. The fraction of sp³-hybridized carbons (Fsp3) is 0.333. The molecular weight excluding hydrogens is 390 g/mol. The van der Waals surface area contributed by atoms with Crippen LogP contribution in [-0.4, -0.2) is 53.0 Å². The molecule has 0 bridgehead atoms. The van der Waals surface area contributed by atoms with E-state index in [9.17, 15) is 9.59 Å². The predicted molar refractivity (Wildman–Crippen MR) is 112 cm³/mol. The minimum atomic E-state index is -0.437. The zero-order chi connectivity index (χ0) is 21.7. The highest BCUT2D eigenvalue weighted by Gasteiger charge is 2.32. The van der Waals surface area contributed by atoms with Gasteiger partial charge in [-0.2, -0.15) is 0 Å². The Morgan fingerprint density at radius 1 is 0.933 bits per heavy atom. The Bertz CT molecular complexity index is 933. The average molecular weight is 415 g/mol. The van der Waals surface area contributed by atoms with Crippen molar-refractivity contribution in [3.05, 3.63) is 36.4 Å². The molecule has 0 spiro atoms. The van der Waals surface area contributed by atoms with Gasteiger partial charge in [0, 0.05) is 30.8 Å². The Kier molecular flexibility index (Phi) is 6.51. The standard InChI is InChI=1S/C21H25N3O6/c1-27-15-6-8-17(28-2)16(11-15)23-21(26)22-13-9-20(25)24(12-13)14-5-7-18(29-3)19(10-14)30-4/h5-8,10-11,13H,9,12H2,1-4H3,(H2,22,23,26). The molecule has 30 heavy (non-hydrogen) atoms. The van der Waals surface area contributed by atoms with E-state index in [4.69, 9.17) is 18.9 Å². The number of ether oxygens (including phenoxy) is 4. The van der Waals surface area contributed by atoms with Crippen LogP contribution < -0.4 is 34.5 Å². The second-order valence-corrected chi connectivity index (χ2v) is 6.61. The third-order valence-electron chi connectivity index (χ3n) is 4.79. The van der Waals surface area contributed by atoms with Crippen molar-refractivity contribution in [2.45, 2.75) is 12.5 Å². The van der Waals surface area contributed by atoms with Gasteiger partial charge in [0.25, 0.3) is 0 Å². The van der Waals surface area contributed by atoms with Gasteiger partial charge in [-0.1, -0.05) is 0 Å². The van der Waals surface area contributed by atoms with Crippen molar-refractivity contribution >= 4 is 23.3 Å². The maximum Gasteiger partial charge on any atom is 0.319 e. The van der Waals surface area contributed by atoms with Gasteiger partial charge < -0.3 is 34.5 Å². The van der Waals surface area contributed by atoms with Crippen LogP contribution in [-0.2, 0) is 4.79 Å². The smallest absolute Gasteiger partial charge is 0.319 e. The fourth-order valence-corrected chi connectivity index (χ4v) is 3.30. The number of carbonyl (C=O) groups excluding carboxylic acids is 2. The molecule has 1 unspecified atom stereocenters. The van der Waals surface area contributed by atoms with Crippen molar-refractivity contribution in [3.63, 3.8) is 0 Å². The summed E-state index contributed by atoms with van der Waals surface area (Å²) in [5.41, 5.74) is 1.15. The molecule has 160 valence electrons. The number of hydrogen-bond donors (Lipinski definition) is 2. The van der Waals surface area contributed by atoms with Gasteiger partial charge in [-0.3, -0.25) is 4.79 Å². The average Bonchev–Trinajstić information content (AvgIpc) is 3.12. The second-order valence-electron chi connectivity index (χ2n) is 6.61. The number of rotatable bonds is 7. The zero-order valence-electron chi connectivity index (χ0n) is 17.4. The molecule has 3 rings (SSSR count). The first-order valence-corrected chi connectivity index (χ1v) is 9.31. The van der Waals surface area contributed by atoms with Crippen molar-refractivity contribution in [2.75, 3.05) is 45.2 Å². The summed E-state index contributed by atoms with van der Waals surface area (Å²) in [6.45, 7) is 0.344. The quantitative estimate of drug-likeness (QED) is 0.722. The van der Waals surface area contributed by atoms with Gasteiger partial charge in [-0.05, 0) is 24.3 Å². The Hall–Kier alpha value is -3.62. The Morgan fingerprint density at radius 3 is 2.30 bits per heavy atom. The van der Waals surface area contributed by atoms with Crippen LogP contribution in [0.1, 0.15) is 6.42 Å². The van der Waals surface area contributed by atoms with Crippen molar-refractivity contribution < 1.29 is 28.5 Å². The van der Waals surface area contributed by atoms with Gasteiger partial charge in [0.05, 0.1) is 40.2 Å². The molecule has 1 aliphatic heterocycles. The van der Waals surface area contributed by atoms with Crippen LogP contribution in [0.4, 0.5) is 16.2 Å². The normalized spacial score (nSPS) is 15.5. The van der Waals surface area contributed by atoms with Gasteiger partial charge >= 0.3 is 6.03 Å². The lowest BCUT2D eigenvalue weighted by molar-refractivity contribution is -0.117. The number of hydrogen-bond acceptors (Lipinski definition) is 6. The monoisotopic (exact) mass is 415 g/mol. The topological polar surface area (TPSA) is 98.4 Å². The number of benzene rings is 2. The lowest BCUT2D eigenvalue weighted by Crippen LogP contribution is -2.39. The van der Waals surface area contributed by atoms with Gasteiger partial charge in [-0.25, -0.2) is 4.79 Å². The Balaban J connectivity index is 1.67. The lowest BCUT2D eigenvalue weighted by atomic mass is 10.2. The van der Waals surface area contributed by atoms with Crippen LogP contribution in [0.15, 0.2) is 36.4 Å². The van der Waals surface area contributed by atoms with Crippen LogP contribution in [0.5, 0.6) is 23.0 Å². The first-order valence-electron chi connectivity index (χ1n) is 9.31. The molecule has 3 amide bonds. The van der Waals surface area contributed by atoms with E-state index in [-0.39, 0.29) is 18.4 Å². The number of nitrogens with one attached hydrogen (secondary N) is 2. The first kappa shape index (κ1) is 21.1. The largest absolute Gasteiger partial charge is 0.497 e. The van der Waals surface area contributed by atoms with Gasteiger partial charge in [0.2, 0.25) is 5.91 Å². The molecule has 0 aliphatic carbocycles. The number of anilines is 2. The summed E-state index contributed by atoms with van der Waals surface area (Å²) in [6, 6.07) is 9.57. The SMILES string of the molecule is COc1ccc(OC)c(NC(=O)NC2CC(=O)N(c3ccc(OC)c(OC)c3)C2)c1. The number of amides is 3. The third kappa shape index (κ3) is 4.51. The molecule has 9 heteroatoms. The van der Waals surface area contributed by atoms with E-state index in [0.717, 1.165) is 0 Å². The fourth-order valence-electron chi connectivity index (χ4n) is 3.30. The van der Waals surface area contributed by atoms with Crippen molar-refractivity contribution in [1.29, 1.82) is 0 Å². The molecule has 0 radical (unpaired) electrons. The summed E-state index contributed by atoms with van der Waals surface area (Å²) in [5, 5.41) is 5.58. The maximum atomic E-state index is 12.5. The third-order valence-corrected chi connectivity index (χ3v) is 4.79. The van der Waals surface area contributed by atoms with E-state index in [1.807, 2.05) is 0 Å². The highest BCUT2D eigenvalue weighted by molar-refractivity contribution is 5.98. The molecule has 2 aromatic rings. The number of urea groups is 1. The number of nitrogens with zero attached hydrogens (tertiary/aromatic N) is 1. The second kappa shape index (κ2) is 9.25. The molecule has 1 heterocycles. The maximum absolute atomic E-state index is 12.5. The number of methoxy groups -OCH3 is 4.